The van der Waals surface area contributed by atoms with Crippen LogP contribution in [0.15, 0.2) is 54.6 Å². The average Bonchev–Trinajstić information content (AvgIpc) is 3.29. The molecule has 1 saturated heterocycles. The highest BCUT2D eigenvalue weighted by Gasteiger charge is 2.28. The third-order valence-electron chi connectivity index (χ3n) is 5.33. The standard InChI is InChI=1S/C23H25N3O5/c27-15-19(23(29)26-12-10-25(11-13-26)18-4-2-1-3-5-18)24-22(28)9-7-17-6-8-20-21(14-17)31-16-30-20/h1-9,14,19,27H,10-13,15-16H2,(H,24,28)/t19-/m0/s1. The molecule has 2 aliphatic rings. The molecule has 31 heavy (non-hydrogen) atoms. The Labute approximate surface area is 180 Å². The van der Waals surface area contributed by atoms with Crippen LogP contribution in [-0.2, 0) is 9.59 Å². The van der Waals surface area contributed by atoms with Gasteiger partial charge in [-0.05, 0) is 35.9 Å². The van der Waals surface area contributed by atoms with E-state index in [1.165, 1.54) is 6.08 Å². The van der Waals surface area contributed by atoms with E-state index in [2.05, 4.69) is 10.2 Å². The van der Waals surface area contributed by atoms with Gasteiger partial charge in [-0.3, -0.25) is 9.59 Å². The number of para-hydroxylation sites is 1. The zero-order chi connectivity index (χ0) is 21.6. The molecule has 0 aliphatic carbocycles. The molecule has 1 fully saturated rings. The third-order valence-corrected chi connectivity index (χ3v) is 5.33. The molecule has 2 amide bonds. The van der Waals surface area contributed by atoms with Crippen LogP contribution in [0.2, 0.25) is 0 Å². The van der Waals surface area contributed by atoms with Gasteiger partial charge in [-0.25, -0.2) is 0 Å². The Morgan fingerprint density at radius 3 is 2.52 bits per heavy atom. The number of anilines is 1. The Morgan fingerprint density at radius 1 is 1.03 bits per heavy atom. The van der Waals surface area contributed by atoms with Crippen LogP contribution in [-0.4, -0.2) is 67.4 Å². The summed E-state index contributed by atoms with van der Waals surface area (Å²) in [4.78, 5) is 29.0. The lowest BCUT2D eigenvalue weighted by Crippen LogP contribution is -2.56. The Bertz CT molecular complexity index is 955. The van der Waals surface area contributed by atoms with Crippen LogP contribution < -0.4 is 19.7 Å². The largest absolute Gasteiger partial charge is 0.454 e. The van der Waals surface area contributed by atoms with E-state index in [1.807, 2.05) is 30.3 Å². The molecule has 162 valence electrons. The van der Waals surface area contributed by atoms with Crippen LogP contribution >= 0.6 is 0 Å². The zero-order valence-electron chi connectivity index (χ0n) is 17.1. The predicted octanol–water partition coefficient (Wildman–Crippen LogP) is 1.25. The van der Waals surface area contributed by atoms with Crippen molar-refractivity contribution in [1.82, 2.24) is 10.2 Å². The summed E-state index contributed by atoms with van der Waals surface area (Å²) in [5.41, 5.74) is 1.89. The number of nitrogens with zero attached hydrogens (tertiary/aromatic N) is 2. The number of hydrogen-bond donors (Lipinski definition) is 2. The number of rotatable bonds is 6. The van der Waals surface area contributed by atoms with E-state index in [0.717, 1.165) is 11.3 Å². The monoisotopic (exact) mass is 423 g/mol. The van der Waals surface area contributed by atoms with Crippen LogP contribution in [0.4, 0.5) is 5.69 Å². The van der Waals surface area contributed by atoms with Gasteiger partial charge in [0.1, 0.15) is 6.04 Å². The predicted molar refractivity (Wildman–Crippen MR) is 116 cm³/mol. The minimum Gasteiger partial charge on any atom is -0.454 e. The fourth-order valence-electron chi connectivity index (χ4n) is 3.64. The van der Waals surface area contributed by atoms with E-state index in [9.17, 15) is 14.7 Å². The fraction of sp³-hybridized carbons (Fsp3) is 0.304. The van der Waals surface area contributed by atoms with Crippen molar-refractivity contribution in [2.75, 3.05) is 44.5 Å². The number of ether oxygens (including phenoxy) is 2. The molecule has 0 unspecified atom stereocenters. The number of carbonyl (C=O) groups excluding carboxylic acids is 2. The van der Waals surface area contributed by atoms with Gasteiger partial charge in [-0.15, -0.1) is 0 Å². The van der Waals surface area contributed by atoms with Crippen molar-refractivity contribution in [3.05, 3.63) is 60.2 Å². The van der Waals surface area contributed by atoms with Gasteiger partial charge in [-0.2, -0.15) is 0 Å². The number of piperazine rings is 1. The molecular formula is C23H25N3O5. The van der Waals surface area contributed by atoms with Crippen molar-refractivity contribution < 1.29 is 24.2 Å². The molecule has 2 N–H and O–H groups in total. The van der Waals surface area contributed by atoms with Crippen molar-refractivity contribution in [3.8, 4) is 11.5 Å². The lowest BCUT2D eigenvalue weighted by atomic mass is 10.2. The van der Waals surface area contributed by atoms with Crippen LogP contribution in [0, 0.1) is 0 Å². The first-order valence-corrected chi connectivity index (χ1v) is 10.2. The summed E-state index contributed by atoms with van der Waals surface area (Å²) in [6.07, 6.45) is 2.95. The first-order chi connectivity index (χ1) is 15.1. The third kappa shape index (κ3) is 4.97. The highest BCUT2D eigenvalue weighted by atomic mass is 16.7. The van der Waals surface area contributed by atoms with Gasteiger partial charge < -0.3 is 29.7 Å². The van der Waals surface area contributed by atoms with Crippen LogP contribution in [0.3, 0.4) is 0 Å². The van der Waals surface area contributed by atoms with Gasteiger partial charge >= 0.3 is 0 Å². The van der Waals surface area contributed by atoms with E-state index in [1.54, 1.807) is 29.2 Å². The van der Waals surface area contributed by atoms with E-state index < -0.39 is 18.6 Å². The second-order valence-electron chi connectivity index (χ2n) is 7.34. The van der Waals surface area contributed by atoms with Gasteiger partial charge in [0, 0.05) is 37.9 Å². The maximum atomic E-state index is 12.8. The number of benzene rings is 2. The lowest BCUT2D eigenvalue weighted by molar-refractivity contribution is -0.137. The molecule has 0 aromatic heterocycles. The summed E-state index contributed by atoms with van der Waals surface area (Å²) < 4.78 is 10.6. The number of fused-ring (bicyclic) bond motifs is 1. The molecule has 0 radical (unpaired) electrons. The van der Waals surface area contributed by atoms with Crippen LogP contribution in [0.5, 0.6) is 11.5 Å². The van der Waals surface area contributed by atoms with E-state index in [4.69, 9.17) is 9.47 Å². The highest BCUT2D eigenvalue weighted by Crippen LogP contribution is 2.32. The average molecular weight is 423 g/mol. The number of carbonyl (C=O) groups is 2. The second-order valence-corrected chi connectivity index (χ2v) is 7.34. The summed E-state index contributed by atoms with van der Waals surface area (Å²) in [6.45, 7) is 2.20. The van der Waals surface area contributed by atoms with Crippen molar-refractivity contribution in [3.63, 3.8) is 0 Å². The number of amides is 2. The Hall–Kier alpha value is -3.52. The summed E-state index contributed by atoms with van der Waals surface area (Å²) in [6, 6.07) is 14.4. The van der Waals surface area contributed by atoms with Gasteiger partial charge in [-0.1, -0.05) is 24.3 Å². The Morgan fingerprint density at radius 2 is 1.77 bits per heavy atom. The maximum Gasteiger partial charge on any atom is 0.247 e. The van der Waals surface area contributed by atoms with Crippen LogP contribution in [0.1, 0.15) is 5.56 Å². The highest BCUT2D eigenvalue weighted by molar-refractivity contribution is 5.95. The van der Waals surface area contributed by atoms with Gasteiger partial charge in [0.25, 0.3) is 0 Å². The summed E-state index contributed by atoms with van der Waals surface area (Å²) in [5, 5.41) is 12.3. The summed E-state index contributed by atoms with van der Waals surface area (Å²) in [5.74, 6) is 0.563. The zero-order valence-corrected chi connectivity index (χ0v) is 17.1. The summed E-state index contributed by atoms with van der Waals surface area (Å²) in [7, 11) is 0. The Balaban J connectivity index is 1.30. The maximum absolute atomic E-state index is 12.8. The quantitative estimate of drug-likeness (QED) is 0.680. The molecule has 8 nitrogen and oxygen atoms in total. The number of aliphatic hydroxyl groups excluding tert-OH is 1. The molecule has 0 saturated carbocycles. The molecule has 4 rings (SSSR count). The first-order valence-electron chi connectivity index (χ1n) is 10.2. The number of aliphatic hydroxyl groups is 1. The molecule has 1 atom stereocenters. The van der Waals surface area contributed by atoms with E-state index >= 15 is 0 Å². The smallest absolute Gasteiger partial charge is 0.247 e. The topological polar surface area (TPSA) is 91.3 Å². The SMILES string of the molecule is O=C(C=Cc1ccc2c(c1)OCO2)N[C@@H](CO)C(=O)N1CCN(c2ccccc2)CC1. The van der Waals surface area contributed by atoms with Crippen molar-refractivity contribution in [2.45, 2.75) is 6.04 Å². The van der Waals surface area contributed by atoms with E-state index in [0.29, 0.717) is 37.7 Å². The minimum atomic E-state index is -0.975. The van der Waals surface area contributed by atoms with E-state index in [-0.39, 0.29) is 12.7 Å². The molecule has 0 spiro atoms. The number of nitrogens with one attached hydrogen (secondary N) is 1. The second kappa shape index (κ2) is 9.53. The van der Waals surface area contributed by atoms with Crippen molar-refractivity contribution in [2.24, 2.45) is 0 Å². The molecule has 2 heterocycles. The van der Waals surface area contributed by atoms with Gasteiger partial charge in [0.2, 0.25) is 18.6 Å². The molecule has 0 bridgehead atoms. The number of hydrogen-bond acceptors (Lipinski definition) is 6. The van der Waals surface area contributed by atoms with Crippen molar-refractivity contribution in [1.29, 1.82) is 0 Å². The molecule has 2 aromatic carbocycles. The fourth-order valence-corrected chi connectivity index (χ4v) is 3.64. The lowest BCUT2D eigenvalue weighted by Gasteiger charge is -2.37. The molecule has 2 aromatic rings. The van der Waals surface area contributed by atoms with Crippen molar-refractivity contribution >= 4 is 23.6 Å². The molecular weight excluding hydrogens is 398 g/mol. The Kier molecular flexibility index (Phi) is 6.37. The first kappa shape index (κ1) is 20.7. The summed E-state index contributed by atoms with van der Waals surface area (Å²) >= 11 is 0. The molecule has 8 heteroatoms. The minimum absolute atomic E-state index is 0.183. The van der Waals surface area contributed by atoms with Crippen LogP contribution in [0.25, 0.3) is 6.08 Å². The van der Waals surface area contributed by atoms with Gasteiger partial charge in [0.05, 0.1) is 6.61 Å². The molecule has 2 aliphatic heterocycles. The normalized spacial score (nSPS) is 16.4. The van der Waals surface area contributed by atoms with Gasteiger partial charge in [0.15, 0.2) is 11.5 Å².